The van der Waals surface area contributed by atoms with Gasteiger partial charge in [-0.25, -0.2) is 0 Å². The van der Waals surface area contributed by atoms with Gasteiger partial charge in [-0.15, -0.1) is 0 Å². The zero-order valence-corrected chi connectivity index (χ0v) is 14.0. The Morgan fingerprint density at radius 1 is 1.36 bits per heavy atom. The number of nitrogens with zero attached hydrogens (tertiary/aromatic N) is 1. The molecule has 1 fully saturated rings. The molecular formula is C18H29NO3. The van der Waals surface area contributed by atoms with Crippen LogP contribution in [0.5, 0.6) is 5.75 Å². The monoisotopic (exact) mass is 307 g/mol. The van der Waals surface area contributed by atoms with E-state index in [-0.39, 0.29) is 6.61 Å². The largest absolute Gasteiger partial charge is 0.490 e. The van der Waals surface area contributed by atoms with Crippen molar-refractivity contribution in [3.8, 4) is 5.75 Å². The molecule has 1 aromatic carbocycles. The lowest BCUT2D eigenvalue weighted by molar-refractivity contribution is -0.0673. The highest BCUT2D eigenvalue weighted by Gasteiger charge is 2.35. The smallest absolute Gasteiger partial charge is 0.134 e. The fourth-order valence-electron chi connectivity index (χ4n) is 3.07. The van der Waals surface area contributed by atoms with E-state index in [0.29, 0.717) is 25.8 Å². The van der Waals surface area contributed by atoms with Gasteiger partial charge in [0.2, 0.25) is 0 Å². The van der Waals surface area contributed by atoms with Gasteiger partial charge in [-0.3, -0.25) is 4.90 Å². The normalized spacial score (nSPS) is 23.5. The van der Waals surface area contributed by atoms with E-state index in [1.165, 1.54) is 0 Å². The van der Waals surface area contributed by atoms with Crippen LogP contribution < -0.4 is 4.74 Å². The third-order valence-corrected chi connectivity index (χ3v) is 4.35. The van der Waals surface area contributed by atoms with E-state index in [1.54, 1.807) is 0 Å². The van der Waals surface area contributed by atoms with Crippen molar-refractivity contribution >= 4 is 0 Å². The van der Waals surface area contributed by atoms with Gasteiger partial charge in [-0.2, -0.15) is 0 Å². The summed E-state index contributed by atoms with van der Waals surface area (Å²) >= 11 is 0. The summed E-state index contributed by atoms with van der Waals surface area (Å²) in [5.74, 6) is 0.798. The average Bonchev–Trinajstić information content (AvgIpc) is 2.69. The Morgan fingerprint density at radius 2 is 2.14 bits per heavy atom. The topological polar surface area (TPSA) is 41.9 Å². The van der Waals surface area contributed by atoms with E-state index in [9.17, 15) is 5.11 Å². The maximum absolute atomic E-state index is 10.9. The molecule has 1 aliphatic rings. The van der Waals surface area contributed by atoms with Gasteiger partial charge < -0.3 is 14.6 Å². The predicted molar refractivity (Wildman–Crippen MR) is 88.4 cm³/mol. The quantitative estimate of drug-likeness (QED) is 0.877. The van der Waals surface area contributed by atoms with Crippen LogP contribution in [0.25, 0.3) is 0 Å². The maximum atomic E-state index is 10.9. The summed E-state index contributed by atoms with van der Waals surface area (Å²) in [6.07, 6.45) is 2.18. The Kier molecular flexibility index (Phi) is 6.24. The standard InChI is InChI=1S/C18H29NO3/c1-4-16(5-2)19-9-10-21-13-18(20,12-19)14-22-17-8-6-7-15(3)11-17/h6-8,11,16,20H,4-5,9-10,12-14H2,1-3H3/t18-/m0/s1. The van der Waals surface area contributed by atoms with Crippen molar-refractivity contribution in [2.45, 2.75) is 45.3 Å². The molecule has 0 aliphatic carbocycles. The van der Waals surface area contributed by atoms with Crippen LogP contribution in [0.4, 0.5) is 0 Å². The summed E-state index contributed by atoms with van der Waals surface area (Å²) in [6, 6.07) is 8.40. The van der Waals surface area contributed by atoms with Crippen molar-refractivity contribution in [3.05, 3.63) is 29.8 Å². The van der Waals surface area contributed by atoms with E-state index in [4.69, 9.17) is 9.47 Å². The van der Waals surface area contributed by atoms with Crippen LogP contribution in [-0.2, 0) is 4.74 Å². The second-order valence-electron chi connectivity index (χ2n) is 6.32. The number of aliphatic hydroxyl groups is 1. The number of rotatable bonds is 6. The Morgan fingerprint density at radius 3 is 2.82 bits per heavy atom. The van der Waals surface area contributed by atoms with Gasteiger partial charge in [0.25, 0.3) is 0 Å². The molecule has 22 heavy (non-hydrogen) atoms. The van der Waals surface area contributed by atoms with Crippen molar-refractivity contribution < 1.29 is 14.6 Å². The third-order valence-electron chi connectivity index (χ3n) is 4.35. The first-order valence-electron chi connectivity index (χ1n) is 8.30. The summed E-state index contributed by atoms with van der Waals surface area (Å²) in [4.78, 5) is 2.34. The second kappa shape index (κ2) is 7.95. The molecule has 4 heteroatoms. The minimum absolute atomic E-state index is 0.257. The fraction of sp³-hybridized carbons (Fsp3) is 0.667. The Hall–Kier alpha value is -1.10. The van der Waals surface area contributed by atoms with E-state index < -0.39 is 5.60 Å². The van der Waals surface area contributed by atoms with E-state index in [2.05, 4.69) is 18.7 Å². The molecule has 1 heterocycles. The first kappa shape index (κ1) is 17.3. The summed E-state index contributed by atoms with van der Waals surface area (Å²) in [5, 5.41) is 10.9. The van der Waals surface area contributed by atoms with Crippen molar-refractivity contribution in [1.82, 2.24) is 4.90 Å². The van der Waals surface area contributed by atoms with Crippen LogP contribution in [-0.4, -0.2) is 54.6 Å². The molecule has 0 spiro atoms. The third kappa shape index (κ3) is 4.70. The molecule has 1 aromatic rings. The number of hydrogen-bond donors (Lipinski definition) is 1. The molecule has 1 N–H and O–H groups in total. The number of aryl methyl sites for hydroxylation is 1. The van der Waals surface area contributed by atoms with Crippen molar-refractivity contribution in [1.29, 1.82) is 0 Å². The minimum atomic E-state index is -0.956. The minimum Gasteiger partial charge on any atom is -0.490 e. The predicted octanol–water partition coefficient (Wildman–Crippen LogP) is 2.63. The van der Waals surface area contributed by atoms with Gasteiger partial charge in [-0.1, -0.05) is 26.0 Å². The van der Waals surface area contributed by atoms with Crippen molar-refractivity contribution in [2.24, 2.45) is 0 Å². The fourth-order valence-corrected chi connectivity index (χ4v) is 3.07. The van der Waals surface area contributed by atoms with Crippen LogP contribution in [0.1, 0.15) is 32.3 Å². The molecule has 2 rings (SSSR count). The summed E-state index contributed by atoms with van der Waals surface area (Å²) in [6.45, 7) is 9.16. The molecule has 0 radical (unpaired) electrons. The number of ether oxygens (including phenoxy) is 2. The molecule has 1 saturated heterocycles. The Balaban J connectivity index is 2.00. The van der Waals surface area contributed by atoms with Crippen LogP contribution in [0, 0.1) is 6.92 Å². The number of benzene rings is 1. The van der Waals surface area contributed by atoms with Crippen molar-refractivity contribution in [2.75, 3.05) is 32.9 Å². The number of hydrogen-bond acceptors (Lipinski definition) is 4. The highest BCUT2D eigenvalue weighted by atomic mass is 16.5. The van der Waals surface area contributed by atoms with Crippen LogP contribution in [0.2, 0.25) is 0 Å². The summed E-state index contributed by atoms with van der Waals surface area (Å²) in [5.41, 5.74) is 0.198. The number of β-amino-alcohol motifs (C(OH)–C–C–N with tert-alkyl or cyclic N) is 1. The first-order valence-corrected chi connectivity index (χ1v) is 8.30. The molecule has 4 nitrogen and oxygen atoms in total. The summed E-state index contributed by atoms with van der Waals surface area (Å²) in [7, 11) is 0. The molecule has 0 aromatic heterocycles. The van der Waals surface area contributed by atoms with Crippen LogP contribution >= 0.6 is 0 Å². The van der Waals surface area contributed by atoms with E-state index in [0.717, 1.165) is 30.7 Å². The van der Waals surface area contributed by atoms with Gasteiger partial charge >= 0.3 is 0 Å². The molecule has 1 aliphatic heterocycles. The molecule has 0 bridgehead atoms. The highest BCUT2D eigenvalue weighted by molar-refractivity contribution is 5.27. The first-order chi connectivity index (χ1) is 10.6. The van der Waals surface area contributed by atoms with Gasteiger partial charge in [-0.05, 0) is 37.5 Å². The second-order valence-corrected chi connectivity index (χ2v) is 6.32. The zero-order chi connectivity index (χ0) is 16.0. The van der Waals surface area contributed by atoms with E-state index in [1.807, 2.05) is 31.2 Å². The Labute approximate surface area is 134 Å². The van der Waals surface area contributed by atoms with Gasteiger partial charge in [0.15, 0.2) is 0 Å². The highest BCUT2D eigenvalue weighted by Crippen LogP contribution is 2.20. The zero-order valence-electron chi connectivity index (χ0n) is 14.0. The van der Waals surface area contributed by atoms with Gasteiger partial charge in [0, 0.05) is 19.1 Å². The van der Waals surface area contributed by atoms with Crippen LogP contribution in [0.15, 0.2) is 24.3 Å². The van der Waals surface area contributed by atoms with Crippen molar-refractivity contribution in [3.63, 3.8) is 0 Å². The summed E-state index contributed by atoms with van der Waals surface area (Å²) < 4.78 is 11.4. The Bertz CT molecular complexity index is 461. The van der Waals surface area contributed by atoms with Crippen LogP contribution in [0.3, 0.4) is 0 Å². The molecule has 0 unspecified atom stereocenters. The van der Waals surface area contributed by atoms with Gasteiger partial charge in [0.1, 0.15) is 18.0 Å². The molecule has 0 saturated carbocycles. The SMILES string of the molecule is CCC(CC)N1CCOC[C@](O)(COc2cccc(C)c2)C1. The lowest BCUT2D eigenvalue weighted by atomic mass is 10.0. The van der Waals surface area contributed by atoms with E-state index >= 15 is 0 Å². The lowest BCUT2D eigenvalue weighted by Gasteiger charge is -2.34. The van der Waals surface area contributed by atoms with Gasteiger partial charge in [0.05, 0.1) is 13.2 Å². The molecule has 124 valence electrons. The molecule has 1 atom stereocenters. The lowest BCUT2D eigenvalue weighted by Crippen LogP contribution is -2.51. The average molecular weight is 307 g/mol. The molecular weight excluding hydrogens is 278 g/mol. The maximum Gasteiger partial charge on any atom is 0.134 e. The molecule has 0 amide bonds.